The van der Waals surface area contributed by atoms with Crippen molar-refractivity contribution in [2.24, 2.45) is 0 Å². The summed E-state index contributed by atoms with van der Waals surface area (Å²) in [6, 6.07) is 0. The molecule has 0 spiro atoms. The average molecular weight is 378 g/mol. The summed E-state index contributed by atoms with van der Waals surface area (Å²) < 4.78 is 2.90. The first-order valence-corrected chi connectivity index (χ1v) is 8.57. The molecule has 0 N–H and O–H groups in total. The third-order valence-electron chi connectivity index (χ3n) is 3.08. The molecule has 2 aromatic heterocycles. The third kappa shape index (κ3) is 1.76. The fraction of sp³-hybridized carbons (Fsp3) is 0.455. The SMILES string of the molecule is Cc1sc2nc3n(c(=O)c2c1C)CC(CI)S3. The van der Waals surface area contributed by atoms with Crippen LogP contribution in [0.1, 0.15) is 10.4 Å². The van der Waals surface area contributed by atoms with Crippen molar-refractivity contribution < 1.29 is 0 Å². The van der Waals surface area contributed by atoms with E-state index in [1.54, 1.807) is 23.1 Å². The molecule has 1 aliphatic heterocycles. The van der Waals surface area contributed by atoms with Gasteiger partial charge >= 0.3 is 0 Å². The lowest BCUT2D eigenvalue weighted by Gasteiger charge is -2.01. The summed E-state index contributed by atoms with van der Waals surface area (Å²) in [5, 5.41) is 2.21. The Balaban J connectivity index is 2.31. The van der Waals surface area contributed by atoms with E-state index >= 15 is 0 Å². The Morgan fingerprint density at radius 2 is 2.29 bits per heavy atom. The molecular weight excluding hydrogens is 367 g/mol. The molecule has 0 amide bonds. The first-order valence-electron chi connectivity index (χ1n) is 5.35. The number of hydrogen-bond donors (Lipinski definition) is 0. The molecule has 0 radical (unpaired) electrons. The van der Waals surface area contributed by atoms with Crippen molar-refractivity contribution in [3.63, 3.8) is 0 Å². The molecule has 90 valence electrons. The summed E-state index contributed by atoms with van der Waals surface area (Å²) in [5.74, 6) is 0. The van der Waals surface area contributed by atoms with E-state index in [0.717, 1.165) is 31.9 Å². The molecular formula is C11H11IN2OS2. The number of hydrogen-bond acceptors (Lipinski definition) is 4. The van der Waals surface area contributed by atoms with Crippen LogP contribution in [0.2, 0.25) is 0 Å². The van der Waals surface area contributed by atoms with Gasteiger partial charge in [0.1, 0.15) is 4.83 Å². The predicted molar refractivity (Wildman–Crippen MR) is 81.9 cm³/mol. The first kappa shape index (κ1) is 12.0. The summed E-state index contributed by atoms with van der Waals surface area (Å²) in [6.07, 6.45) is 0. The van der Waals surface area contributed by atoms with Crippen LogP contribution in [0, 0.1) is 13.8 Å². The highest BCUT2D eigenvalue weighted by Gasteiger charge is 2.26. The van der Waals surface area contributed by atoms with Crippen LogP contribution >= 0.6 is 45.7 Å². The summed E-state index contributed by atoms with van der Waals surface area (Å²) in [5.41, 5.74) is 1.24. The van der Waals surface area contributed by atoms with E-state index in [0.29, 0.717) is 5.25 Å². The Bertz CT molecular complexity index is 662. The summed E-state index contributed by atoms with van der Waals surface area (Å²) in [6.45, 7) is 4.87. The molecule has 1 aliphatic rings. The minimum atomic E-state index is 0.145. The normalized spacial score (nSPS) is 18.9. The van der Waals surface area contributed by atoms with E-state index in [9.17, 15) is 4.79 Å². The van der Waals surface area contributed by atoms with Gasteiger partial charge in [-0.05, 0) is 19.4 Å². The van der Waals surface area contributed by atoms with Crippen LogP contribution in [-0.2, 0) is 6.54 Å². The highest BCUT2D eigenvalue weighted by Crippen LogP contribution is 2.34. The molecule has 0 aliphatic carbocycles. The van der Waals surface area contributed by atoms with Gasteiger partial charge in [0, 0.05) is 21.1 Å². The van der Waals surface area contributed by atoms with E-state index in [1.165, 1.54) is 4.88 Å². The number of halogens is 1. The zero-order valence-electron chi connectivity index (χ0n) is 9.49. The minimum Gasteiger partial charge on any atom is -0.286 e. The molecule has 17 heavy (non-hydrogen) atoms. The van der Waals surface area contributed by atoms with Gasteiger partial charge in [0.15, 0.2) is 5.16 Å². The molecule has 1 unspecified atom stereocenters. The monoisotopic (exact) mass is 378 g/mol. The fourth-order valence-electron chi connectivity index (χ4n) is 2.03. The first-order chi connectivity index (χ1) is 8.11. The van der Waals surface area contributed by atoms with E-state index in [4.69, 9.17) is 0 Å². The maximum Gasteiger partial charge on any atom is 0.263 e. The Hall–Kier alpha value is -0.0800. The van der Waals surface area contributed by atoms with Crippen molar-refractivity contribution in [1.29, 1.82) is 0 Å². The second-order valence-electron chi connectivity index (χ2n) is 4.17. The maximum absolute atomic E-state index is 12.4. The van der Waals surface area contributed by atoms with Crippen molar-refractivity contribution in [2.75, 3.05) is 4.43 Å². The quantitative estimate of drug-likeness (QED) is 0.435. The molecule has 0 aromatic carbocycles. The van der Waals surface area contributed by atoms with Crippen molar-refractivity contribution in [3.05, 3.63) is 20.8 Å². The zero-order chi connectivity index (χ0) is 12.2. The van der Waals surface area contributed by atoms with Gasteiger partial charge in [-0.15, -0.1) is 11.3 Å². The molecule has 2 aromatic rings. The highest BCUT2D eigenvalue weighted by molar-refractivity contribution is 14.1. The third-order valence-corrected chi connectivity index (χ3v) is 7.02. The van der Waals surface area contributed by atoms with Crippen LogP contribution in [0.4, 0.5) is 0 Å². The largest absolute Gasteiger partial charge is 0.286 e. The van der Waals surface area contributed by atoms with Crippen LogP contribution in [0.15, 0.2) is 9.95 Å². The standard InChI is InChI=1S/C11H11IN2OS2/c1-5-6(2)16-9-8(5)10(15)14-4-7(3-12)17-11(14)13-9/h7H,3-4H2,1-2H3. The molecule has 1 atom stereocenters. The number of fused-ring (bicyclic) bond motifs is 2. The van der Waals surface area contributed by atoms with E-state index in [2.05, 4.69) is 34.5 Å². The van der Waals surface area contributed by atoms with Crippen LogP contribution < -0.4 is 5.56 Å². The number of rotatable bonds is 1. The molecule has 0 saturated carbocycles. The van der Waals surface area contributed by atoms with Gasteiger partial charge in [0.05, 0.1) is 5.39 Å². The van der Waals surface area contributed by atoms with E-state index in [1.807, 2.05) is 11.5 Å². The molecule has 3 rings (SSSR count). The number of nitrogens with zero attached hydrogens (tertiary/aromatic N) is 2. The lowest BCUT2D eigenvalue weighted by Crippen LogP contribution is -2.22. The second-order valence-corrected chi connectivity index (χ2v) is 7.52. The Kier molecular flexibility index (Phi) is 2.99. The van der Waals surface area contributed by atoms with Gasteiger partial charge < -0.3 is 0 Å². The molecule has 6 heteroatoms. The lowest BCUT2D eigenvalue weighted by molar-refractivity contribution is 0.634. The number of alkyl halides is 1. The second kappa shape index (κ2) is 4.24. The average Bonchev–Trinajstić information content (AvgIpc) is 2.82. The van der Waals surface area contributed by atoms with Crippen LogP contribution in [0.3, 0.4) is 0 Å². The number of aromatic nitrogens is 2. The topological polar surface area (TPSA) is 34.9 Å². The number of thiophene rings is 1. The zero-order valence-corrected chi connectivity index (χ0v) is 13.3. The molecule has 3 heterocycles. The lowest BCUT2D eigenvalue weighted by atomic mass is 10.2. The number of aryl methyl sites for hydroxylation is 2. The molecule has 3 nitrogen and oxygen atoms in total. The molecule has 0 fully saturated rings. The Morgan fingerprint density at radius 3 is 3.00 bits per heavy atom. The van der Waals surface area contributed by atoms with Crippen molar-refractivity contribution in [1.82, 2.24) is 9.55 Å². The predicted octanol–water partition coefficient (Wildman–Crippen LogP) is 2.98. The van der Waals surface area contributed by atoms with Crippen molar-refractivity contribution >= 4 is 55.9 Å². The van der Waals surface area contributed by atoms with E-state index in [-0.39, 0.29) is 5.56 Å². The van der Waals surface area contributed by atoms with Crippen molar-refractivity contribution in [2.45, 2.75) is 30.8 Å². The maximum atomic E-state index is 12.4. The summed E-state index contributed by atoms with van der Waals surface area (Å²) >= 11 is 5.73. The van der Waals surface area contributed by atoms with Gasteiger partial charge in [-0.1, -0.05) is 34.4 Å². The highest BCUT2D eigenvalue weighted by atomic mass is 127. The molecule has 0 bridgehead atoms. The Morgan fingerprint density at radius 1 is 1.53 bits per heavy atom. The van der Waals surface area contributed by atoms with Gasteiger partial charge in [-0.2, -0.15) is 0 Å². The van der Waals surface area contributed by atoms with Crippen LogP contribution in [0.5, 0.6) is 0 Å². The van der Waals surface area contributed by atoms with Crippen LogP contribution in [-0.4, -0.2) is 19.2 Å². The fourth-order valence-corrected chi connectivity index (χ4v) is 4.94. The smallest absolute Gasteiger partial charge is 0.263 e. The van der Waals surface area contributed by atoms with Gasteiger partial charge in [-0.3, -0.25) is 9.36 Å². The van der Waals surface area contributed by atoms with Gasteiger partial charge in [-0.25, -0.2) is 4.98 Å². The Labute approximate surface area is 121 Å². The van der Waals surface area contributed by atoms with E-state index < -0.39 is 0 Å². The molecule has 0 saturated heterocycles. The minimum absolute atomic E-state index is 0.145. The van der Waals surface area contributed by atoms with Crippen molar-refractivity contribution in [3.8, 4) is 0 Å². The number of thioether (sulfide) groups is 1. The van der Waals surface area contributed by atoms with Gasteiger partial charge in [0.2, 0.25) is 0 Å². The summed E-state index contributed by atoms with van der Waals surface area (Å²) in [7, 11) is 0. The summed E-state index contributed by atoms with van der Waals surface area (Å²) in [4.78, 5) is 19.2. The van der Waals surface area contributed by atoms with Crippen LogP contribution in [0.25, 0.3) is 10.2 Å². The van der Waals surface area contributed by atoms with Gasteiger partial charge in [0.25, 0.3) is 5.56 Å².